The minimum absolute atomic E-state index is 0.0415. The van der Waals surface area contributed by atoms with E-state index in [1.54, 1.807) is 29.7 Å². The van der Waals surface area contributed by atoms with Crippen molar-refractivity contribution < 1.29 is 36.8 Å². The van der Waals surface area contributed by atoms with Crippen LogP contribution in [0.2, 0.25) is 0 Å². The number of carboxylic acids is 1. The van der Waals surface area contributed by atoms with Gasteiger partial charge in [-0.25, -0.2) is 13.5 Å². The zero-order valence-electron chi connectivity index (χ0n) is 18.1. The Labute approximate surface area is 196 Å². The van der Waals surface area contributed by atoms with Crippen LogP contribution >= 0.6 is 0 Å². The molecule has 1 amide bonds. The molecule has 34 heavy (non-hydrogen) atoms. The van der Waals surface area contributed by atoms with E-state index in [1.807, 2.05) is 4.90 Å². The largest absolute Gasteiger partial charge is 0.573 e. The van der Waals surface area contributed by atoms with Gasteiger partial charge in [0, 0.05) is 32.4 Å². The Hall–Kier alpha value is -3.19. The third kappa shape index (κ3) is 6.44. The summed E-state index contributed by atoms with van der Waals surface area (Å²) in [5.41, 5.74) is 0.356. The number of halogens is 3. The van der Waals surface area contributed by atoms with Gasteiger partial charge in [0.15, 0.2) is 5.82 Å². The van der Waals surface area contributed by atoms with E-state index in [2.05, 4.69) is 9.72 Å². The molecule has 0 bridgehead atoms. The highest BCUT2D eigenvalue weighted by molar-refractivity contribution is 7.82. The molecule has 0 spiro atoms. The number of hydrogen-bond donors (Lipinski definition) is 1. The second-order valence-corrected chi connectivity index (χ2v) is 9.00. The number of benzene rings is 1. The molecule has 1 aliphatic rings. The standard InChI is InChI=1S/C21H23F3N4O5S/c1-26(20-18(6-3-9-25-20)27(14-29)13-19(30)31)15-7-10-28(11-8-15)34(32)17-5-2-4-16(12-17)33-21(22,23)24/h2-6,9,12,14-15H,7-8,10-11,13H2,1H3,(H,30,31). The molecule has 1 aromatic carbocycles. The molecule has 1 aromatic heterocycles. The molecule has 9 nitrogen and oxygen atoms in total. The number of pyridine rings is 1. The third-order valence-electron chi connectivity index (χ3n) is 5.29. The highest BCUT2D eigenvalue weighted by Gasteiger charge is 2.32. The Kier molecular flexibility index (Phi) is 8.10. The number of ether oxygens (including phenoxy) is 1. The Morgan fingerprint density at radius 3 is 2.62 bits per heavy atom. The van der Waals surface area contributed by atoms with Crippen LogP contribution in [0.15, 0.2) is 47.5 Å². The number of aliphatic carboxylic acids is 1. The van der Waals surface area contributed by atoms with Gasteiger partial charge in [-0.1, -0.05) is 6.07 Å². The molecule has 0 aliphatic carbocycles. The average Bonchev–Trinajstić information content (AvgIpc) is 2.80. The van der Waals surface area contributed by atoms with Crippen LogP contribution in [0, 0.1) is 0 Å². The van der Waals surface area contributed by atoms with Gasteiger partial charge in [0.25, 0.3) is 0 Å². The van der Waals surface area contributed by atoms with Crippen molar-refractivity contribution >= 4 is 34.9 Å². The second kappa shape index (κ2) is 10.8. The molecule has 13 heteroatoms. The number of amides is 1. The molecule has 1 fully saturated rings. The number of carbonyl (C=O) groups excluding carboxylic acids is 1. The lowest BCUT2D eigenvalue weighted by atomic mass is 10.1. The molecule has 0 radical (unpaired) electrons. The summed E-state index contributed by atoms with van der Waals surface area (Å²) >= 11 is 0. The number of carbonyl (C=O) groups is 2. The molecule has 1 saturated heterocycles. The van der Waals surface area contributed by atoms with Crippen molar-refractivity contribution in [3.8, 4) is 5.75 Å². The van der Waals surface area contributed by atoms with Crippen LogP contribution < -0.4 is 14.5 Å². The van der Waals surface area contributed by atoms with E-state index in [1.165, 1.54) is 12.1 Å². The van der Waals surface area contributed by atoms with Crippen molar-refractivity contribution in [3.05, 3.63) is 42.6 Å². The average molecular weight is 500 g/mol. The normalized spacial score (nSPS) is 16.0. The number of nitrogens with zero attached hydrogens (tertiary/aromatic N) is 4. The van der Waals surface area contributed by atoms with E-state index >= 15 is 0 Å². The number of rotatable bonds is 9. The highest BCUT2D eigenvalue weighted by Crippen LogP contribution is 2.31. The third-order valence-corrected chi connectivity index (χ3v) is 6.78. The Morgan fingerprint density at radius 2 is 2.00 bits per heavy atom. The van der Waals surface area contributed by atoms with E-state index in [4.69, 9.17) is 5.11 Å². The zero-order chi connectivity index (χ0) is 24.9. The fourth-order valence-corrected chi connectivity index (χ4v) is 4.96. The first-order chi connectivity index (χ1) is 16.1. The lowest BCUT2D eigenvalue weighted by Gasteiger charge is -2.37. The summed E-state index contributed by atoms with van der Waals surface area (Å²) < 4.78 is 55.9. The predicted molar refractivity (Wildman–Crippen MR) is 118 cm³/mol. The summed E-state index contributed by atoms with van der Waals surface area (Å²) in [5.74, 6) is -1.16. The number of aromatic nitrogens is 1. The lowest BCUT2D eigenvalue weighted by Crippen LogP contribution is -2.44. The van der Waals surface area contributed by atoms with Gasteiger partial charge >= 0.3 is 12.3 Å². The van der Waals surface area contributed by atoms with Crippen LogP contribution in [0.3, 0.4) is 0 Å². The molecular formula is C21H23F3N4O5S. The minimum Gasteiger partial charge on any atom is -0.480 e. The van der Waals surface area contributed by atoms with Crippen LogP contribution in [-0.2, 0) is 20.6 Å². The molecule has 1 atom stereocenters. The molecule has 1 N–H and O–H groups in total. The fraction of sp³-hybridized carbons (Fsp3) is 0.381. The van der Waals surface area contributed by atoms with E-state index < -0.39 is 35.6 Å². The quantitative estimate of drug-likeness (QED) is 0.528. The second-order valence-electron chi connectivity index (χ2n) is 7.52. The first kappa shape index (κ1) is 25.4. The molecule has 184 valence electrons. The van der Waals surface area contributed by atoms with Gasteiger partial charge in [0.2, 0.25) is 6.41 Å². The molecular weight excluding hydrogens is 477 g/mol. The molecule has 0 saturated carbocycles. The summed E-state index contributed by atoms with van der Waals surface area (Å²) in [5, 5.41) is 9.07. The number of alkyl halides is 3. The van der Waals surface area contributed by atoms with Gasteiger partial charge in [-0.2, -0.15) is 0 Å². The lowest BCUT2D eigenvalue weighted by molar-refractivity contribution is -0.274. The predicted octanol–water partition coefficient (Wildman–Crippen LogP) is 2.65. The number of carboxylic acid groups (broad SMARTS) is 1. The summed E-state index contributed by atoms with van der Waals surface area (Å²) in [6, 6.07) is 8.26. The van der Waals surface area contributed by atoms with Crippen molar-refractivity contribution in [2.45, 2.75) is 30.1 Å². The minimum atomic E-state index is -4.84. The van der Waals surface area contributed by atoms with Crippen LogP contribution in [0.5, 0.6) is 5.75 Å². The van der Waals surface area contributed by atoms with Gasteiger partial charge in [-0.3, -0.25) is 9.59 Å². The topological polar surface area (TPSA) is 103 Å². The monoisotopic (exact) mass is 500 g/mol. The SMILES string of the molecule is CN(c1ncccc1N(C=O)CC(=O)O)C1CCN(S(=O)c2cccc(OC(F)(F)F)c2)CC1. The molecule has 1 aliphatic heterocycles. The first-order valence-corrected chi connectivity index (χ1v) is 11.3. The summed E-state index contributed by atoms with van der Waals surface area (Å²) in [7, 11) is 0.114. The Morgan fingerprint density at radius 1 is 1.29 bits per heavy atom. The van der Waals surface area contributed by atoms with Gasteiger partial charge in [-0.05, 0) is 43.2 Å². The number of piperidine rings is 1. The first-order valence-electron chi connectivity index (χ1n) is 10.2. The van der Waals surface area contributed by atoms with Crippen molar-refractivity contribution in [2.24, 2.45) is 0 Å². The molecule has 2 heterocycles. The maximum atomic E-state index is 12.9. The van der Waals surface area contributed by atoms with E-state index in [0.29, 0.717) is 43.8 Å². The van der Waals surface area contributed by atoms with E-state index in [9.17, 15) is 27.0 Å². The summed E-state index contributed by atoms with van der Waals surface area (Å²) in [6.45, 7) is 0.298. The zero-order valence-corrected chi connectivity index (χ0v) is 19.0. The highest BCUT2D eigenvalue weighted by atomic mass is 32.2. The van der Waals surface area contributed by atoms with Crippen molar-refractivity contribution in [1.29, 1.82) is 0 Å². The van der Waals surface area contributed by atoms with Gasteiger partial charge in [-0.15, -0.1) is 13.2 Å². The molecule has 3 rings (SSSR count). The fourth-order valence-electron chi connectivity index (χ4n) is 3.71. The maximum absolute atomic E-state index is 12.9. The smallest absolute Gasteiger partial charge is 0.480 e. The van der Waals surface area contributed by atoms with E-state index in [0.717, 1.165) is 17.0 Å². The van der Waals surface area contributed by atoms with Crippen LogP contribution in [0.1, 0.15) is 12.8 Å². The Bertz CT molecular complexity index is 1050. The Balaban J connectivity index is 1.68. The van der Waals surface area contributed by atoms with Crippen molar-refractivity contribution in [1.82, 2.24) is 9.29 Å². The van der Waals surface area contributed by atoms with Gasteiger partial charge in [0.05, 0.1) is 10.6 Å². The van der Waals surface area contributed by atoms with Gasteiger partial charge < -0.3 is 19.6 Å². The van der Waals surface area contributed by atoms with Crippen LogP contribution in [0.4, 0.5) is 24.7 Å². The van der Waals surface area contributed by atoms with Crippen molar-refractivity contribution in [2.75, 3.05) is 36.5 Å². The van der Waals surface area contributed by atoms with Crippen molar-refractivity contribution in [3.63, 3.8) is 0 Å². The molecule has 1 unspecified atom stereocenters. The van der Waals surface area contributed by atoms with Gasteiger partial charge in [0.1, 0.15) is 23.3 Å². The van der Waals surface area contributed by atoms with Crippen LogP contribution in [-0.4, -0.2) is 70.1 Å². The maximum Gasteiger partial charge on any atom is 0.573 e. The summed E-state index contributed by atoms with van der Waals surface area (Å²) in [6.07, 6.45) is -1.73. The van der Waals surface area contributed by atoms with Crippen LogP contribution in [0.25, 0.3) is 0 Å². The summed E-state index contributed by atoms with van der Waals surface area (Å²) in [4.78, 5) is 30.0. The molecule has 2 aromatic rings. The number of hydrogen-bond acceptors (Lipinski definition) is 6. The number of anilines is 2. The van der Waals surface area contributed by atoms with E-state index in [-0.39, 0.29) is 10.9 Å².